The maximum Gasteiger partial charge on any atom is 0.255 e. The molecule has 1 aromatic heterocycles. The zero-order valence-electron chi connectivity index (χ0n) is 16.7. The first-order chi connectivity index (χ1) is 14.0. The molecular formula is C24H24ClN3O. The average molecular weight is 406 g/mol. The molecule has 3 heterocycles. The van der Waals surface area contributed by atoms with Gasteiger partial charge in [-0.3, -0.25) is 4.79 Å². The molecule has 148 valence electrons. The van der Waals surface area contributed by atoms with E-state index < -0.39 is 0 Å². The normalized spacial score (nSPS) is 16.9. The van der Waals surface area contributed by atoms with Crippen molar-refractivity contribution in [1.29, 1.82) is 0 Å². The molecule has 2 aliphatic rings. The summed E-state index contributed by atoms with van der Waals surface area (Å²) in [5.41, 5.74) is 6.71. The molecule has 1 saturated heterocycles. The molecule has 29 heavy (non-hydrogen) atoms. The van der Waals surface area contributed by atoms with E-state index in [1.54, 1.807) is 12.1 Å². The molecule has 0 atom stereocenters. The molecule has 2 aliphatic heterocycles. The van der Waals surface area contributed by atoms with Gasteiger partial charge in [0.1, 0.15) is 0 Å². The zero-order valence-corrected chi connectivity index (χ0v) is 17.5. The molecule has 0 radical (unpaired) electrons. The molecule has 1 fully saturated rings. The van der Waals surface area contributed by atoms with E-state index in [0.29, 0.717) is 23.7 Å². The van der Waals surface area contributed by atoms with E-state index in [0.717, 1.165) is 12.8 Å². The number of hydrogen-bond donors (Lipinski definition) is 1. The Labute approximate surface area is 176 Å². The number of amides is 1. The van der Waals surface area contributed by atoms with E-state index in [4.69, 9.17) is 11.6 Å². The van der Waals surface area contributed by atoms with E-state index in [1.165, 1.54) is 28.2 Å². The number of piperidine rings is 1. The van der Waals surface area contributed by atoms with Crippen LogP contribution in [-0.4, -0.2) is 28.5 Å². The molecule has 1 N–H and O–H groups in total. The number of likely N-dealkylation sites (tertiary alicyclic amines) is 1. The third kappa shape index (κ3) is 2.77. The summed E-state index contributed by atoms with van der Waals surface area (Å²) < 4.78 is 2.33. The van der Waals surface area contributed by atoms with Crippen molar-refractivity contribution in [3.05, 3.63) is 82.1 Å². The standard InChI is InChI=1S/C24H24ClN3O/c1-16-9-10-20-22(17(16)2)28-13-5-8-21(28)24(26-20)11-14-27(15-12-24)23(29)18-6-3-4-7-19(18)25/h3-10,13,26H,11-12,14-15H2,1-2H3. The number of benzene rings is 2. The Balaban J connectivity index is 1.45. The van der Waals surface area contributed by atoms with Crippen LogP contribution in [0.5, 0.6) is 0 Å². The summed E-state index contributed by atoms with van der Waals surface area (Å²) in [6.45, 7) is 5.73. The van der Waals surface area contributed by atoms with Crippen LogP contribution in [0.4, 0.5) is 5.69 Å². The smallest absolute Gasteiger partial charge is 0.255 e. The number of carbonyl (C=O) groups is 1. The molecule has 5 rings (SSSR count). The summed E-state index contributed by atoms with van der Waals surface area (Å²) in [7, 11) is 0. The third-order valence-electron chi connectivity index (χ3n) is 6.56. The van der Waals surface area contributed by atoms with Crippen molar-refractivity contribution in [2.45, 2.75) is 32.2 Å². The first kappa shape index (κ1) is 18.3. The summed E-state index contributed by atoms with van der Waals surface area (Å²) in [4.78, 5) is 14.9. The van der Waals surface area contributed by atoms with Gasteiger partial charge in [-0.15, -0.1) is 0 Å². The SMILES string of the molecule is Cc1ccc2c(c1C)-n1cccc1C1(CCN(C(=O)c3ccccc3Cl)CC1)N2. The van der Waals surface area contributed by atoms with Crippen LogP contribution < -0.4 is 5.32 Å². The molecule has 1 amide bonds. The number of carbonyl (C=O) groups excluding carboxylic acids is 1. The number of nitrogens with one attached hydrogen (secondary N) is 1. The minimum atomic E-state index is -0.157. The topological polar surface area (TPSA) is 37.3 Å². The highest BCUT2D eigenvalue weighted by Gasteiger charge is 2.42. The quantitative estimate of drug-likeness (QED) is 0.596. The molecule has 0 saturated carbocycles. The monoisotopic (exact) mass is 405 g/mol. The van der Waals surface area contributed by atoms with Gasteiger partial charge in [0.05, 0.1) is 27.5 Å². The Kier molecular flexibility index (Phi) is 4.21. The number of rotatable bonds is 1. The molecule has 5 heteroatoms. The van der Waals surface area contributed by atoms with E-state index in [2.05, 4.69) is 54.2 Å². The highest BCUT2D eigenvalue weighted by atomic mass is 35.5. The Morgan fingerprint density at radius 2 is 1.79 bits per heavy atom. The number of aromatic nitrogens is 1. The minimum absolute atomic E-state index is 0.0171. The van der Waals surface area contributed by atoms with Gasteiger partial charge in [-0.05, 0) is 68.1 Å². The Hall–Kier alpha value is -2.72. The van der Waals surface area contributed by atoms with Crippen molar-refractivity contribution in [3.8, 4) is 5.69 Å². The van der Waals surface area contributed by atoms with Crippen molar-refractivity contribution in [1.82, 2.24) is 9.47 Å². The second-order valence-electron chi connectivity index (χ2n) is 8.15. The molecular weight excluding hydrogens is 382 g/mol. The van der Waals surface area contributed by atoms with E-state index in [9.17, 15) is 4.79 Å². The lowest BCUT2D eigenvalue weighted by Crippen LogP contribution is -2.51. The first-order valence-corrected chi connectivity index (χ1v) is 10.5. The minimum Gasteiger partial charge on any atom is -0.372 e. The summed E-state index contributed by atoms with van der Waals surface area (Å²) in [6, 6.07) is 16.0. The van der Waals surface area contributed by atoms with Crippen molar-refractivity contribution < 1.29 is 4.79 Å². The lowest BCUT2D eigenvalue weighted by Gasteiger charge is -2.46. The fraction of sp³-hybridized carbons (Fsp3) is 0.292. The molecule has 1 spiro atoms. The fourth-order valence-corrected chi connectivity index (χ4v) is 4.99. The van der Waals surface area contributed by atoms with Gasteiger partial charge < -0.3 is 14.8 Å². The maximum absolute atomic E-state index is 13.0. The number of hydrogen-bond acceptors (Lipinski definition) is 2. The lowest BCUT2D eigenvalue weighted by molar-refractivity contribution is 0.0676. The average Bonchev–Trinajstić information content (AvgIpc) is 3.22. The second kappa shape index (κ2) is 6.67. The van der Waals surface area contributed by atoms with Crippen LogP contribution in [-0.2, 0) is 5.54 Å². The number of anilines is 1. The summed E-state index contributed by atoms with van der Waals surface area (Å²) >= 11 is 6.25. The van der Waals surface area contributed by atoms with E-state index >= 15 is 0 Å². The number of nitrogens with zero attached hydrogens (tertiary/aromatic N) is 2. The second-order valence-corrected chi connectivity index (χ2v) is 8.55. The third-order valence-corrected chi connectivity index (χ3v) is 6.89. The van der Waals surface area contributed by atoms with Crippen molar-refractivity contribution in [2.75, 3.05) is 18.4 Å². The number of fused-ring (bicyclic) bond motifs is 4. The highest BCUT2D eigenvalue weighted by Crippen LogP contribution is 2.45. The van der Waals surface area contributed by atoms with Gasteiger partial charge in [0, 0.05) is 25.0 Å². The highest BCUT2D eigenvalue weighted by molar-refractivity contribution is 6.33. The van der Waals surface area contributed by atoms with Crippen LogP contribution in [0, 0.1) is 13.8 Å². The first-order valence-electron chi connectivity index (χ1n) is 10.1. The molecule has 2 aromatic carbocycles. The molecule has 0 aliphatic carbocycles. The summed E-state index contributed by atoms with van der Waals surface area (Å²) in [5.74, 6) is 0.0171. The van der Waals surface area contributed by atoms with Crippen molar-refractivity contribution in [3.63, 3.8) is 0 Å². The van der Waals surface area contributed by atoms with Gasteiger partial charge in [0.25, 0.3) is 5.91 Å². The van der Waals surface area contributed by atoms with Crippen LogP contribution in [0.15, 0.2) is 54.7 Å². The predicted molar refractivity (Wildman–Crippen MR) is 117 cm³/mol. The molecule has 0 bridgehead atoms. The van der Waals surface area contributed by atoms with E-state index in [1.807, 2.05) is 17.0 Å². The van der Waals surface area contributed by atoms with Gasteiger partial charge in [-0.25, -0.2) is 0 Å². The molecule has 0 unspecified atom stereocenters. The van der Waals surface area contributed by atoms with Crippen LogP contribution in [0.3, 0.4) is 0 Å². The Morgan fingerprint density at radius 3 is 2.55 bits per heavy atom. The maximum atomic E-state index is 13.0. The zero-order chi connectivity index (χ0) is 20.2. The van der Waals surface area contributed by atoms with Gasteiger partial charge in [0.15, 0.2) is 0 Å². The largest absolute Gasteiger partial charge is 0.372 e. The van der Waals surface area contributed by atoms with Crippen LogP contribution >= 0.6 is 11.6 Å². The van der Waals surface area contributed by atoms with Crippen LogP contribution in [0.1, 0.15) is 40.0 Å². The Bertz CT molecular complexity index is 1110. The van der Waals surface area contributed by atoms with Gasteiger partial charge in [-0.2, -0.15) is 0 Å². The Morgan fingerprint density at radius 1 is 1.03 bits per heavy atom. The van der Waals surface area contributed by atoms with Crippen LogP contribution in [0.25, 0.3) is 5.69 Å². The predicted octanol–water partition coefficient (Wildman–Crippen LogP) is 5.30. The molecule has 4 nitrogen and oxygen atoms in total. The van der Waals surface area contributed by atoms with Crippen molar-refractivity contribution in [2.24, 2.45) is 0 Å². The van der Waals surface area contributed by atoms with Gasteiger partial charge in [0.2, 0.25) is 0 Å². The number of halogens is 1. The fourth-order valence-electron chi connectivity index (χ4n) is 4.78. The van der Waals surface area contributed by atoms with E-state index in [-0.39, 0.29) is 11.4 Å². The summed E-state index contributed by atoms with van der Waals surface area (Å²) in [6.07, 6.45) is 3.88. The molecule has 3 aromatic rings. The van der Waals surface area contributed by atoms with Gasteiger partial charge >= 0.3 is 0 Å². The van der Waals surface area contributed by atoms with Gasteiger partial charge in [-0.1, -0.05) is 29.8 Å². The van der Waals surface area contributed by atoms with Crippen LogP contribution in [0.2, 0.25) is 5.02 Å². The van der Waals surface area contributed by atoms with Crippen molar-refractivity contribution >= 4 is 23.2 Å². The summed E-state index contributed by atoms with van der Waals surface area (Å²) in [5, 5.41) is 4.36. The number of aryl methyl sites for hydroxylation is 1. The lowest BCUT2D eigenvalue weighted by atomic mass is 9.81.